The Labute approximate surface area is 195 Å². The Bertz CT molecular complexity index is 1430. The lowest BCUT2D eigenvalue weighted by Gasteiger charge is -2.21. The monoisotopic (exact) mass is 458 g/mol. The zero-order valence-corrected chi connectivity index (χ0v) is 18.7. The number of rotatable bonds is 6. The third-order valence-corrected chi connectivity index (χ3v) is 5.40. The fraction of sp³-hybridized carbons (Fsp3) is 0.154. The van der Waals surface area contributed by atoms with Crippen molar-refractivity contribution in [2.45, 2.75) is 26.3 Å². The molecule has 1 atom stereocenters. The molecule has 0 aliphatic carbocycles. The first-order chi connectivity index (χ1) is 16.4. The molecule has 0 radical (unpaired) electrons. The Morgan fingerprint density at radius 3 is 2.35 bits per heavy atom. The average molecular weight is 458 g/mol. The Hall–Kier alpha value is -4.33. The lowest BCUT2D eigenvalue weighted by atomic mass is 10.1. The molecule has 1 heterocycles. The number of hydrogen-bond donors (Lipinski definition) is 2. The van der Waals surface area contributed by atoms with E-state index in [-0.39, 0.29) is 11.6 Å². The van der Waals surface area contributed by atoms with Gasteiger partial charge in [-0.1, -0.05) is 37.3 Å². The van der Waals surface area contributed by atoms with Crippen LogP contribution in [-0.2, 0) is 9.59 Å². The molecular weight excluding hydrogens is 435 g/mol. The van der Waals surface area contributed by atoms with Crippen molar-refractivity contribution in [3.63, 3.8) is 0 Å². The van der Waals surface area contributed by atoms with Crippen LogP contribution >= 0.6 is 0 Å². The fourth-order valence-electron chi connectivity index (χ4n) is 3.87. The van der Waals surface area contributed by atoms with Gasteiger partial charge >= 0.3 is 0 Å². The minimum Gasteiger partial charge on any atom is -0.326 e. The van der Waals surface area contributed by atoms with Gasteiger partial charge in [-0.15, -0.1) is 0 Å². The molecule has 0 aliphatic rings. The van der Waals surface area contributed by atoms with Crippen LogP contribution in [0.1, 0.15) is 26.3 Å². The van der Waals surface area contributed by atoms with E-state index in [1.54, 1.807) is 48.5 Å². The number of carbonyl (C=O) groups excluding carboxylic acids is 2. The van der Waals surface area contributed by atoms with Gasteiger partial charge in [0, 0.05) is 18.2 Å². The quantitative estimate of drug-likeness (QED) is 0.436. The maximum atomic E-state index is 13.8. The molecule has 2 amide bonds. The summed E-state index contributed by atoms with van der Waals surface area (Å²) in [5.41, 5.74) is 2.03. The summed E-state index contributed by atoms with van der Waals surface area (Å²) in [4.78, 5) is 43.3. The van der Waals surface area contributed by atoms with Crippen molar-refractivity contribution in [1.29, 1.82) is 0 Å². The van der Waals surface area contributed by atoms with Gasteiger partial charge in [0.1, 0.15) is 17.6 Å². The molecule has 8 heteroatoms. The van der Waals surface area contributed by atoms with Gasteiger partial charge in [0.05, 0.1) is 16.7 Å². The molecule has 172 valence electrons. The fourth-order valence-corrected chi connectivity index (χ4v) is 3.87. The Morgan fingerprint density at radius 1 is 0.971 bits per heavy atom. The molecule has 3 aromatic carbocycles. The standard InChI is InChI=1S/C26H23FN4O3/c1-3-22(25(33)29-18-14-12-17(27)13-15-18)31-23-11-7-6-10-21(23)30-24(26(31)34)19-8-4-5-9-20(19)28-16(2)32/h4-15,22H,3H2,1-2H3,(H,28,32)(H,29,33). The van der Waals surface area contributed by atoms with E-state index in [4.69, 9.17) is 0 Å². The summed E-state index contributed by atoms with van der Waals surface area (Å²) in [5, 5.41) is 5.50. The molecule has 34 heavy (non-hydrogen) atoms. The number of fused-ring (bicyclic) bond motifs is 1. The molecule has 0 spiro atoms. The molecule has 1 unspecified atom stereocenters. The molecule has 7 nitrogen and oxygen atoms in total. The zero-order chi connectivity index (χ0) is 24.2. The van der Waals surface area contributed by atoms with E-state index in [0.29, 0.717) is 34.4 Å². The number of nitrogens with one attached hydrogen (secondary N) is 2. The number of aromatic nitrogens is 2. The minimum absolute atomic E-state index is 0.121. The van der Waals surface area contributed by atoms with Crippen LogP contribution < -0.4 is 16.2 Å². The van der Waals surface area contributed by atoms with Crippen LogP contribution in [0.5, 0.6) is 0 Å². The third kappa shape index (κ3) is 4.56. The summed E-state index contributed by atoms with van der Waals surface area (Å²) in [6.45, 7) is 3.19. The second-order valence-electron chi connectivity index (χ2n) is 7.77. The molecule has 4 rings (SSSR count). The highest BCUT2D eigenvalue weighted by Gasteiger charge is 2.25. The van der Waals surface area contributed by atoms with E-state index in [1.807, 2.05) is 6.92 Å². The number of carbonyl (C=O) groups is 2. The predicted octanol–water partition coefficient (Wildman–Crippen LogP) is 4.75. The van der Waals surface area contributed by atoms with Crippen LogP contribution in [0.3, 0.4) is 0 Å². The van der Waals surface area contributed by atoms with Gasteiger partial charge in [-0.2, -0.15) is 0 Å². The minimum atomic E-state index is -0.850. The highest BCUT2D eigenvalue weighted by atomic mass is 19.1. The van der Waals surface area contributed by atoms with Crippen LogP contribution in [0.25, 0.3) is 22.3 Å². The number of para-hydroxylation sites is 3. The smallest absolute Gasteiger partial charge is 0.278 e. The van der Waals surface area contributed by atoms with Crippen molar-refractivity contribution in [3.8, 4) is 11.3 Å². The van der Waals surface area contributed by atoms with E-state index in [9.17, 15) is 18.8 Å². The summed E-state index contributed by atoms with van der Waals surface area (Å²) < 4.78 is 14.7. The van der Waals surface area contributed by atoms with Gasteiger partial charge in [0.2, 0.25) is 11.8 Å². The zero-order valence-electron chi connectivity index (χ0n) is 18.7. The van der Waals surface area contributed by atoms with Crippen LogP contribution in [0.15, 0.2) is 77.6 Å². The molecule has 0 aliphatic heterocycles. The number of amides is 2. The maximum absolute atomic E-state index is 13.8. The van der Waals surface area contributed by atoms with E-state index >= 15 is 0 Å². The van der Waals surface area contributed by atoms with Crippen molar-refractivity contribution in [2.24, 2.45) is 0 Å². The van der Waals surface area contributed by atoms with Crippen molar-refractivity contribution >= 4 is 34.2 Å². The van der Waals surface area contributed by atoms with E-state index in [1.165, 1.54) is 35.8 Å². The lowest BCUT2D eigenvalue weighted by molar-refractivity contribution is -0.119. The van der Waals surface area contributed by atoms with Crippen LogP contribution in [-0.4, -0.2) is 21.4 Å². The highest BCUT2D eigenvalue weighted by molar-refractivity contribution is 5.96. The lowest BCUT2D eigenvalue weighted by Crippen LogP contribution is -2.34. The largest absolute Gasteiger partial charge is 0.326 e. The first kappa shape index (κ1) is 22.8. The van der Waals surface area contributed by atoms with E-state index < -0.39 is 23.3 Å². The Morgan fingerprint density at radius 2 is 1.65 bits per heavy atom. The normalized spacial score (nSPS) is 11.7. The van der Waals surface area contributed by atoms with Gasteiger partial charge in [0.15, 0.2) is 0 Å². The summed E-state index contributed by atoms with van der Waals surface area (Å²) in [5.74, 6) is -1.10. The van der Waals surface area contributed by atoms with Crippen molar-refractivity contribution in [3.05, 3.63) is 89.0 Å². The molecular formula is C26H23FN4O3. The van der Waals surface area contributed by atoms with Crippen molar-refractivity contribution < 1.29 is 14.0 Å². The summed E-state index contributed by atoms with van der Waals surface area (Å²) in [6, 6.07) is 18.5. The molecule has 0 saturated carbocycles. The number of benzene rings is 3. The highest BCUT2D eigenvalue weighted by Crippen LogP contribution is 2.27. The average Bonchev–Trinajstić information content (AvgIpc) is 2.82. The van der Waals surface area contributed by atoms with Crippen LogP contribution in [0.2, 0.25) is 0 Å². The second-order valence-corrected chi connectivity index (χ2v) is 7.77. The summed E-state index contributed by atoms with van der Waals surface area (Å²) in [6.07, 6.45) is 0.327. The molecule has 0 fully saturated rings. The second kappa shape index (κ2) is 9.66. The number of hydrogen-bond acceptors (Lipinski definition) is 4. The Balaban J connectivity index is 1.88. The predicted molar refractivity (Wildman–Crippen MR) is 130 cm³/mol. The molecule has 4 aromatic rings. The Kier molecular flexibility index (Phi) is 6.49. The van der Waals surface area contributed by atoms with Crippen LogP contribution in [0.4, 0.5) is 15.8 Å². The number of nitrogens with zero attached hydrogens (tertiary/aromatic N) is 2. The first-order valence-electron chi connectivity index (χ1n) is 10.8. The number of halogens is 1. The molecule has 1 aromatic heterocycles. The van der Waals surface area contributed by atoms with Gasteiger partial charge < -0.3 is 10.6 Å². The van der Waals surface area contributed by atoms with Gasteiger partial charge in [-0.3, -0.25) is 19.0 Å². The van der Waals surface area contributed by atoms with Crippen molar-refractivity contribution in [2.75, 3.05) is 10.6 Å². The van der Waals surface area contributed by atoms with Gasteiger partial charge in [-0.05, 0) is 48.9 Å². The summed E-state index contributed by atoms with van der Waals surface area (Å²) in [7, 11) is 0. The van der Waals surface area contributed by atoms with Crippen molar-refractivity contribution in [1.82, 2.24) is 9.55 Å². The van der Waals surface area contributed by atoms with E-state index in [2.05, 4.69) is 15.6 Å². The van der Waals surface area contributed by atoms with Gasteiger partial charge in [0.25, 0.3) is 5.56 Å². The first-order valence-corrected chi connectivity index (χ1v) is 10.8. The molecule has 2 N–H and O–H groups in total. The topological polar surface area (TPSA) is 93.1 Å². The SMILES string of the molecule is CCC(C(=O)Nc1ccc(F)cc1)n1c(=O)c(-c2ccccc2NC(C)=O)nc2ccccc21. The molecule has 0 bridgehead atoms. The van der Waals surface area contributed by atoms with Crippen LogP contribution in [0, 0.1) is 5.82 Å². The molecule has 0 saturated heterocycles. The maximum Gasteiger partial charge on any atom is 0.278 e. The van der Waals surface area contributed by atoms with Gasteiger partial charge in [-0.25, -0.2) is 9.37 Å². The summed E-state index contributed by atoms with van der Waals surface area (Å²) >= 11 is 0. The third-order valence-electron chi connectivity index (χ3n) is 5.40. The van der Waals surface area contributed by atoms with E-state index in [0.717, 1.165) is 0 Å². The number of anilines is 2.